The number of ether oxygens (including phenoxy) is 2. The molecule has 0 saturated heterocycles. The summed E-state index contributed by atoms with van der Waals surface area (Å²) in [7, 11) is -3.56. The highest BCUT2D eigenvalue weighted by Gasteiger charge is 2.17. The van der Waals surface area contributed by atoms with Crippen LogP contribution in [0.15, 0.2) is 58.3 Å². The lowest BCUT2D eigenvalue weighted by molar-refractivity contribution is 0.318. The molecule has 0 atom stereocenters. The van der Waals surface area contributed by atoms with E-state index in [4.69, 9.17) is 9.47 Å². The van der Waals surface area contributed by atoms with E-state index in [9.17, 15) is 8.42 Å². The molecule has 4 nitrogen and oxygen atoms in total. The Bertz CT molecular complexity index is 681. The Kier molecular flexibility index (Phi) is 7.99. The van der Waals surface area contributed by atoms with Crippen LogP contribution in [0.2, 0.25) is 0 Å². The summed E-state index contributed by atoms with van der Waals surface area (Å²) in [6.07, 6.45) is 1.68. The Morgan fingerprint density at radius 1 is 0.680 bits per heavy atom. The van der Waals surface area contributed by atoms with Crippen molar-refractivity contribution in [2.24, 2.45) is 0 Å². The van der Waals surface area contributed by atoms with Crippen LogP contribution in [0.5, 0.6) is 11.5 Å². The molecular formula is C18H22O4S3. The first kappa shape index (κ1) is 20.0. The first-order valence-electron chi connectivity index (χ1n) is 8.00. The average Bonchev–Trinajstić information content (AvgIpc) is 2.63. The molecule has 0 heterocycles. The second-order valence-electron chi connectivity index (χ2n) is 5.30. The normalized spacial score (nSPS) is 11.3. The van der Waals surface area contributed by atoms with Gasteiger partial charge in [-0.05, 0) is 72.9 Å². The van der Waals surface area contributed by atoms with Crippen LogP contribution < -0.4 is 9.47 Å². The minimum atomic E-state index is -3.56. The lowest BCUT2D eigenvalue weighted by Gasteiger charge is -2.09. The molecule has 0 fully saturated rings. The van der Waals surface area contributed by atoms with Gasteiger partial charge in [-0.25, -0.2) is 8.42 Å². The summed E-state index contributed by atoms with van der Waals surface area (Å²) in [6.45, 7) is 1.12. The molecule has 0 saturated carbocycles. The van der Waals surface area contributed by atoms with Gasteiger partial charge in [0, 0.05) is 0 Å². The molecule has 0 unspecified atom stereocenters. The first-order chi connectivity index (χ1) is 12.1. The number of rotatable bonds is 10. The van der Waals surface area contributed by atoms with E-state index in [2.05, 4.69) is 25.3 Å². The zero-order valence-corrected chi connectivity index (χ0v) is 16.4. The van der Waals surface area contributed by atoms with Gasteiger partial charge in [0.2, 0.25) is 9.84 Å². The summed E-state index contributed by atoms with van der Waals surface area (Å²) in [6, 6.07) is 12.9. The van der Waals surface area contributed by atoms with E-state index in [1.165, 1.54) is 0 Å². The van der Waals surface area contributed by atoms with Gasteiger partial charge < -0.3 is 9.47 Å². The van der Waals surface area contributed by atoms with Crippen LogP contribution in [0, 0.1) is 0 Å². The van der Waals surface area contributed by atoms with Gasteiger partial charge in [-0.1, -0.05) is 0 Å². The third-order valence-corrected chi connectivity index (χ3v) is 5.83. The van der Waals surface area contributed by atoms with E-state index in [0.29, 0.717) is 24.7 Å². The second-order valence-corrected chi connectivity index (χ2v) is 8.14. The SMILES string of the molecule is O=S(=O)(c1ccc(OCCCS)cc1)c1ccc(OCCCS)cc1. The van der Waals surface area contributed by atoms with Crippen LogP contribution in [0.3, 0.4) is 0 Å². The van der Waals surface area contributed by atoms with E-state index < -0.39 is 9.84 Å². The van der Waals surface area contributed by atoms with Crippen molar-refractivity contribution in [2.75, 3.05) is 24.7 Å². The summed E-state index contributed by atoms with van der Waals surface area (Å²) in [4.78, 5) is 0.468. The molecule has 7 heteroatoms. The third-order valence-electron chi connectivity index (χ3n) is 3.41. The molecule has 0 N–H and O–H groups in total. The molecule has 0 bridgehead atoms. The van der Waals surface area contributed by atoms with Crippen LogP contribution in [0.1, 0.15) is 12.8 Å². The quantitative estimate of drug-likeness (QED) is 0.471. The van der Waals surface area contributed by atoms with Crippen molar-refractivity contribution in [3.05, 3.63) is 48.5 Å². The van der Waals surface area contributed by atoms with Crippen LogP contribution >= 0.6 is 25.3 Å². The highest BCUT2D eigenvalue weighted by atomic mass is 32.2. The van der Waals surface area contributed by atoms with Crippen LogP contribution in [-0.2, 0) is 9.84 Å². The Labute approximate surface area is 160 Å². The molecule has 25 heavy (non-hydrogen) atoms. The fourth-order valence-electron chi connectivity index (χ4n) is 2.08. The van der Waals surface area contributed by atoms with Crippen molar-refractivity contribution in [2.45, 2.75) is 22.6 Å². The maximum absolute atomic E-state index is 12.7. The fourth-order valence-corrected chi connectivity index (χ4v) is 3.59. The van der Waals surface area contributed by atoms with Gasteiger partial charge in [0.05, 0.1) is 23.0 Å². The number of hydrogen-bond donors (Lipinski definition) is 2. The van der Waals surface area contributed by atoms with Crippen LogP contribution in [0.4, 0.5) is 0 Å². The highest BCUT2D eigenvalue weighted by molar-refractivity contribution is 7.91. The van der Waals surface area contributed by atoms with E-state index in [1.807, 2.05) is 0 Å². The molecule has 0 aliphatic carbocycles. The summed E-state index contributed by atoms with van der Waals surface area (Å²) in [5.41, 5.74) is 0. The van der Waals surface area contributed by atoms with Gasteiger partial charge in [-0.2, -0.15) is 25.3 Å². The molecule has 0 radical (unpaired) electrons. The summed E-state index contributed by atoms with van der Waals surface area (Å²) in [5.74, 6) is 2.80. The van der Waals surface area contributed by atoms with Crippen molar-refractivity contribution in [1.29, 1.82) is 0 Å². The Balaban J connectivity index is 2.07. The van der Waals surface area contributed by atoms with E-state index >= 15 is 0 Å². The Morgan fingerprint density at radius 3 is 1.36 bits per heavy atom. The van der Waals surface area contributed by atoms with E-state index in [0.717, 1.165) is 24.3 Å². The smallest absolute Gasteiger partial charge is 0.206 e. The third kappa shape index (κ3) is 5.87. The number of benzene rings is 2. The van der Waals surface area contributed by atoms with E-state index in [1.54, 1.807) is 48.5 Å². The number of sulfone groups is 1. The van der Waals surface area contributed by atoms with Crippen molar-refractivity contribution in [1.82, 2.24) is 0 Å². The lowest BCUT2D eigenvalue weighted by Crippen LogP contribution is -2.03. The van der Waals surface area contributed by atoms with Gasteiger partial charge in [0.15, 0.2) is 0 Å². The fraction of sp³-hybridized carbons (Fsp3) is 0.333. The van der Waals surface area contributed by atoms with Gasteiger partial charge >= 0.3 is 0 Å². The van der Waals surface area contributed by atoms with Crippen molar-refractivity contribution >= 4 is 35.1 Å². The average molecular weight is 399 g/mol. The summed E-state index contributed by atoms with van der Waals surface area (Å²) in [5, 5.41) is 0. The van der Waals surface area contributed by atoms with Crippen LogP contribution in [-0.4, -0.2) is 33.1 Å². The van der Waals surface area contributed by atoms with Crippen molar-refractivity contribution in [3.63, 3.8) is 0 Å². The predicted molar refractivity (Wildman–Crippen MR) is 106 cm³/mol. The Hall–Kier alpha value is -1.31. The molecule has 2 aromatic carbocycles. The molecule has 0 amide bonds. The molecule has 2 rings (SSSR count). The first-order valence-corrected chi connectivity index (χ1v) is 10.8. The molecule has 0 aliphatic rings. The highest BCUT2D eigenvalue weighted by Crippen LogP contribution is 2.25. The molecular weight excluding hydrogens is 376 g/mol. The largest absolute Gasteiger partial charge is 0.494 e. The minimum Gasteiger partial charge on any atom is -0.494 e. The molecule has 0 aromatic heterocycles. The number of thiol groups is 2. The summed E-state index contributed by atoms with van der Waals surface area (Å²) >= 11 is 8.24. The summed E-state index contributed by atoms with van der Waals surface area (Å²) < 4.78 is 36.4. The zero-order chi connectivity index (χ0) is 18.1. The lowest BCUT2D eigenvalue weighted by atomic mass is 10.3. The number of hydrogen-bond acceptors (Lipinski definition) is 6. The monoisotopic (exact) mass is 398 g/mol. The van der Waals surface area contributed by atoms with Gasteiger partial charge in [0.25, 0.3) is 0 Å². The standard InChI is InChI=1S/C18H22O4S3/c19-25(20,17-7-3-15(4-8-17)21-11-1-13-23)18-9-5-16(6-10-18)22-12-2-14-24/h3-10,23-24H,1-2,11-14H2. The molecule has 0 spiro atoms. The van der Waals surface area contributed by atoms with Crippen LogP contribution in [0.25, 0.3) is 0 Å². The van der Waals surface area contributed by atoms with Gasteiger partial charge in [-0.3, -0.25) is 0 Å². The molecule has 136 valence electrons. The molecule has 0 aliphatic heterocycles. The maximum atomic E-state index is 12.7. The van der Waals surface area contributed by atoms with Gasteiger partial charge in [-0.15, -0.1) is 0 Å². The molecule has 2 aromatic rings. The van der Waals surface area contributed by atoms with Crippen molar-refractivity contribution < 1.29 is 17.9 Å². The Morgan fingerprint density at radius 2 is 1.04 bits per heavy atom. The second kappa shape index (κ2) is 9.99. The zero-order valence-electron chi connectivity index (χ0n) is 13.8. The topological polar surface area (TPSA) is 52.6 Å². The minimum absolute atomic E-state index is 0.234. The predicted octanol–water partition coefficient (Wildman–Crippen LogP) is 3.92. The van der Waals surface area contributed by atoms with Gasteiger partial charge in [0.1, 0.15) is 11.5 Å². The maximum Gasteiger partial charge on any atom is 0.206 e. The van der Waals surface area contributed by atoms with E-state index in [-0.39, 0.29) is 9.79 Å². The van der Waals surface area contributed by atoms with Crippen molar-refractivity contribution in [3.8, 4) is 11.5 Å².